The fraction of sp³-hybridized carbons (Fsp3) is 0.0943. The Bertz CT molecular complexity index is 2920. The number of furan rings is 1. The molecule has 0 N–H and O–H groups in total. The molecular formula is C53H39NO. The van der Waals surface area contributed by atoms with E-state index in [1.54, 1.807) is 0 Å². The summed E-state index contributed by atoms with van der Waals surface area (Å²) in [6.07, 6.45) is 0. The number of hydrogen-bond donors (Lipinski definition) is 0. The zero-order valence-electron chi connectivity index (χ0n) is 31.2. The Morgan fingerprint density at radius 1 is 0.400 bits per heavy atom. The number of para-hydroxylation sites is 2. The van der Waals surface area contributed by atoms with E-state index in [1.807, 2.05) is 0 Å². The van der Waals surface area contributed by atoms with Crippen LogP contribution in [0.1, 0.15) is 48.6 Å². The van der Waals surface area contributed by atoms with Gasteiger partial charge in [0.25, 0.3) is 0 Å². The van der Waals surface area contributed by atoms with Crippen molar-refractivity contribution in [3.63, 3.8) is 0 Å². The Morgan fingerprint density at radius 3 is 1.67 bits per heavy atom. The number of hydrogen-bond acceptors (Lipinski definition) is 2. The highest BCUT2D eigenvalue weighted by Crippen LogP contribution is 2.53. The van der Waals surface area contributed by atoms with Gasteiger partial charge in [0.15, 0.2) is 0 Å². The third kappa shape index (κ3) is 4.55. The zero-order valence-corrected chi connectivity index (χ0v) is 31.2. The van der Waals surface area contributed by atoms with Gasteiger partial charge in [0.2, 0.25) is 0 Å². The number of anilines is 3. The van der Waals surface area contributed by atoms with E-state index in [1.165, 1.54) is 50.1 Å². The van der Waals surface area contributed by atoms with Crippen LogP contribution >= 0.6 is 0 Å². The van der Waals surface area contributed by atoms with E-state index < -0.39 is 0 Å². The van der Waals surface area contributed by atoms with Gasteiger partial charge in [-0.3, -0.25) is 0 Å². The number of benzene rings is 8. The summed E-state index contributed by atoms with van der Waals surface area (Å²) in [6, 6.07) is 66.5. The normalized spacial score (nSPS) is 14.4. The van der Waals surface area contributed by atoms with Gasteiger partial charge in [-0.15, -0.1) is 0 Å². The average molecular weight is 706 g/mol. The number of rotatable bonds is 5. The van der Waals surface area contributed by atoms with Crippen LogP contribution in [0.3, 0.4) is 0 Å². The summed E-state index contributed by atoms with van der Waals surface area (Å²) >= 11 is 0. The van der Waals surface area contributed by atoms with Crippen LogP contribution in [0.5, 0.6) is 0 Å². The third-order valence-electron chi connectivity index (χ3n) is 12.6. The molecule has 0 unspecified atom stereocenters. The molecule has 2 nitrogen and oxygen atoms in total. The summed E-state index contributed by atoms with van der Waals surface area (Å²) in [7, 11) is 0. The summed E-state index contributed by atoms with van der Waals surface area (Å²) in [5.74, 6) is 0. The Hall–Kier alpha value is -6.64. The molecule has 0 amide bonds. The molecule has 0 fully saturated rings. The van der Waals surface area contributed by atoms with Crippen LogP contribution in [-0.4, -0.2) is 0 Å². The van der Waals surface area contributed by atoms with Gasteiger partial charge in [-0.1, -0.05) is 147 Å². The zero-order chi connectivity index (χ0) is 36.9. The standard InChI is InChI=1S/C53H39NO/c1-52(2)46-21-10-7-16-40(46)43-30-29-38(33-49(43)52)54(36-14-5-4-6-15-36)37-27-24-34(25-28-37)39-19-13-20-44-45-32-35(26-31-50(45)55-51(39)44)53(3)47-22-11-8-17-41(47)42-18-9-12-23-48(42)53/h4-33H,1-3H3. The summed E-state index contributed by atoms with van der Waals surface area (Å²) in [6.45, 7) is 7.06. The first-order chi connectivity index (χ1) is 26.9. The lowest BCUT2D eigenvalue weighted by atomic mass is 9.74. The molecule has 11 rings (SSSR count). The molecule has 0 bridgehead atoms. The Morgan fingerprint density at radius 2 is 0.964 bits per heavy atom. The highest BCUT2D eigenvalue weighted by atomic mass is 16.3. The van der Waals surface area contributed by atoms with E-state index in [4.69, 9.17) is 4.42 Å². The minimum Gasteiger partial charge on any atom is -0.455 e. The van der Waals surface area contributed by atoms with E-state index >= 15 is 0 Å². The number of nitrogens with zero attached hydrogens (tertiary/aromatic N) is 1. The molecule has 0 saturated heterocycles. The predicted octanol–water partition coefficient (Wildman–Crippen LogP) is 14.4. The van der Waals surface area contributed by atoms with E-state index in [2.05, 4.69) is 208 Å². The molecule has 55 heavy (non-hydrogen) atoms. The van der Waals surface area contributed by atoms with Gasteiger partial charge >= 0.3 is 0 Å². The van der Waals surface area contributed by atoms with Crippen LogP contribution in [0.15, 0.2) is 186 Å². The molecule has 0 spiro atoms. The van der Waals surface area contributed by atoms with Crippen molar-refractivity contribution < 1.29 is 4.42 Å². The van der Waals surface area contributed by atoms with Crippen LogP contribution in [-0.2, 0) is 10.8 Å². The lowest BCUT2D eigenvalue weighted by Crippen LogP contribution is -2.22. The molecule has 1 heterocycles. The van der Waals surface area contributed by atoms with Gasteiger partial charge in [-0.05, 0) is 111 Å². The maximum Gasteiger partial charge on any atom is 0.143 e. The molecule has 9 aromatic rings. The largest absolute Gasteiger partial charge is 0.455 e. The Kier molecular flexibility index (Phi) is 6.76. The molecule has 262 valence electrons. The quantitative estimate of drug-likeness (QED) is 0.177. The monoisotopic (exact) mass is 705 g/mol. The smallest absolute Gasteiger partial charge is 0.143 e. The summed E-state index contributed by atoms with van der Waals surface area (Å²) in [5, 5.41) is 2.28. The molecular weight excluding hydrogens is 667 g/mol. The molecule has 1 aromatic heterocycles. The molecule has 8 aromatic carbocycles. The van der Waals surface area contributed by atoms with Crippen molar-refractivity contribution in [2.24, 2.45) is 0 Å². The van der Waals surface area contributed by atoms with Crippen molar-refractivity contribution in [2.45, 2.75) is 31.6 Å². The minimum atomic E-state index is -0.262. The van der Waals surface area contributed by atoms with E-state index in [9.17, 15) is 0 Å². The molecule has 0 saturated carbocycles. The molecule has 2 aliphatic rings. The van der Waals surface area contributed by atoms with E-state index in [0.717, 1.165) is 50.1 Å². The topological polar surface area (TPSA) is 16.4 Å². The van der Waals surface area contributed by atoms with Gasteiger partial charge < -0.3 is 9.32 Å². The van der Waals surface area contributed by atoms with Crippen LogP contribution in [0.25, 0.3) is 55.3 Å². The third-order valence-corrected chi connectivity index (χ3v) is 12.6. The lowest BCUT2D eigenvalue weighted by molar-refractivity contribution is 0.660. The van der Waals surface area contributed by atoms with Crippen molar-refractivity contribution in [2.75, 3.05) is 4.90 Å². The summed E-state index contributed by atoms with van der Waals surface area (Å²) in [5.41, 5.74) is 19.1. The van der Waals surface area contributed by atoms with Crippen molar-refractivity contribution in [3.8, 4) is 33.4 Å². The highest BCUT2D eigenvalue weighted by molar-refractivity contribution is 6.10. The fourth-order valence-electron chi connectivity index (χ4n) is 9.75. The second-order valence-corrected chi connectivity index (χ2v) is 15.8. The number of fused-ring (bicyclic) bond motifs is 9. The first kappa shape index (κ1) is 31.8. The predicted molar refractivity (Wildman–Crippen MR) is 229 cm³/mol. The van der Waals surface area contributed by atoms with Gasteiger partial charge in [0, 0.05) is 44.2 Å². The molecule has 0 atom stereocenters. The Labute approximate surface area is 322 Å². The van der Waals surface area contributed by atoms with Gasteiger partial charge in [0.05, 0.1) is 0 Å². The summed E-state index contributed by atoms with van der Waals surface area (Å²) < 4.78 is 6.72. The second kappa shape index (κ2) is 11.7. The van der Waals surface area contributed by atoms with Crippen LogP contribution < -0.4 is 4.90 Å². The molecule has 0 radical (unpaired) electrons. The lowest BCUT2D eigenvalue weighted by Gasteiger charge is -2.28. The summed E-state index contributed by atoms with van der Waals surface area (Å²) in [4.78, 5) is 2.37. The Balaban J connectivity index is 0.994. The second-order valence-electron chi connectivity index (χ2n) is 15.8. The van der Waals surface area contributed by atoms with Crippen molar-refractivity contribution in [1.29, 1.82) is 0 Å². The van der Waals surface area contributed by atoms with Crippen LogP contribution in [0.2, 0.25) is 0 Å². The average Bonchev–Trinajstić information content (AvgIpc) is 3.82. The van der Waals surface area contributed by atoms with E-state index in [-0.39, 0.29) is 10.8 Å². The van der Waals surface area contributed by atoms with Gasteiger partial charge in [-0.25, -0.2) is 0 Å². The first-order valence-electron chi connectivity index (χ1n) is 19.3. The highest BCUT2D eigenvalue weighted by Gasteiger charge is 2.41. The fourth-order valence-corrected chi connectivity index (χ4v) is 9.75. The first-order valence-corrected chi connectivity index (χ1v) is 19.3. The van der Waals surface area contributed by atoms with Crippen LogP contribution in [0, 0.1) is 0 Å². The van der Waals surface area contributed by atoms with Gasteiger partial charge in [-0.2, -0.15) is 0 Å². The molecule has 2 aliphatic carbocycles. The van der Waals surface area contributed by atoms with Crippen molar-refractivity contribution in [1.82, 2.24) is 0 Å². The SMILES string of the molecule is CC1(C)c2ccccc2-c2ccc(N(c3ccccc3)c3ccc(-c4cccc5c4oc4ccc(C6(C)c7ccccc7-c7ccccc76)cc45)cc3)cc21. The minimum absolute atomic E-state index is 0.0794. The van der Waals surface area contributed by atoms with Crippen LogP contribution in [0.4, 0.5) is 17.1 Å². The van der Waals surface area contributed by atoms with Crippen molar-refractivity contribution >= 4 is 39.0 Å². The van der Waals surface area contributed by atoms with E-state index in [0.29, 0.717) is 0 Å². The maximum absolute atomic E-state index is 6.72. The van der Waals surface area contributed by atoms with Crippen molar-refractivity contribution in [3.05, 3.63) is 210 Å². The maximum atomic E-state index is 6.72. The molecule has 2 heteroatoms. The molecule has 0 aliphatic heterocycles. The van der Waals surface area contributed by atoms with Gasteiger partial charge in [0.1, 0.15) is 11.2 Å².